The lowest BCUT2D eigenvalue weighted by atomic mass is 9.83. The monoisotopic (exact) mass is 542 g/mol. The fourth-order valence-corrected chi connectivity index (χ4v) is 4.56. The fraction of sp³-hybridized carbons (Fsp3) is 0.667. The summed E-state index contributed by atoms with van der Waals surface area (Å²) in [7, 11) is 0. The van der Waals surface area contributed by atoms with Crippen LogP contribution < -0.4 is 15.5 Å². The van der Waals surface area contributed by atoms with Crippen molar-refractivity contribution < 1.29 is 9.53 Å². The lowest BCUT2D eigenvalue weighted by molar-refractivity contribution is -0.117. The number of guanidine groups is 1. The van der Waals surface area contributed by atoms with Crippen molar-refractivity contribution in [1.29, 1.82) is 0 Å². The molecule has 0 radical (unpaired) electrons. The summed E-state index contributed by atoms with van der Waals surface area (Å²) in [6.07, 6.45) is 7.89. The van der Waals surface area contributed by atoms with Gasteiger partial charge in [-0.25, -0.2) is 4.99 Å². The molecule has 1 aromatic rings. The summed E-state index contributed by atoms with van der Waals surface area (Å²) in [5.74, 6) is 1.10. The molecule has 2 fully saturated rings. The van der Waals surface area contributed by atoms with E-state index in [2.05, 4.69) is 36.6 Å². The predicted molar refractivity (Wildman–Crippen MR) is 138 cm³/mol. The molecule has 1 aliphatic carbocycles. The van der Waals surface area contributed by atoms with Crippen molar-refractivity contribution in [3.63, 3.8) is 0 Å². The van der Waals surface area contributed by atoms with Crippen LogP contribution in [0.3, 0.4) is 0 Å². The molecular weight excluding hydrogens is 503 g/mol. The van der Waals surface area contributed by atoms with Crippen molar-refractivity contribution in [3.8, 4) is 0 Å². The Balaban J connectivity index is 0.00000341. The summed E-state index contributed by atoms with van der Waals surface area (Å²) in [5.41, 5.74) is 2.47. The van der Waals surface area contributed by atoms with Gasteiger partial charge in [-0.15, -0.1) is 24.0 Å². The third kappa shape index (κ3) is 7.63. The molecule has 6 nitrogen and oxygen atoms in total. The molecule has 2 N–H and O–H groups in total. The van der Waals surface area contributed by atoms with E-state index in [1.165, 1.54) is 25.7 Å². The van der Waals surface area contributed by atoms with Gasteiger partial charge in [0.2, 0.25) is 5.91 Å². The highest BCUT2D eigenvalue weighted by Crippen LogP contribution is 2.40. The number of anilines is 1. The second-order valence-corrected chi connectivity index (χ2v) is 8.52. The molecule has 0 atom stereocenters. The van der Waals surface area contributed by atoms with Crippen molar-refractivity contribution >= 4 is 41.5 Å². The zero-order chi connectivity index (χ0) is 21.2. The van der Waals surface area contributed by atoms with Crippen LogP contribution in [0.4, 0.5) is 5.69 Å². The Kier molecular flexibility index (Phi) is 11.1. The molecule has 1 saturated carbocycles. The first-order valence-electron chi connectivity index (χ1n) is 11.6. The second-order valence-electron chi connectivity index (χ2n) is 8.52. The molecule has 0 unspecified atom stereocenters. The van der Waals surface area contributed by atoms with Gasteiger partial charge in [-0.2, -0.15) is 0 Å². The maximum Gasteiger partial charge on any atom is 0.227 e. The molecule has 1 aromatic carbocycles. The highest BCUT2D eigenvalue weighted by atomic mass is 127. The summed E-state index contributed by atoms with van der Waals surface area (Å²) in [4.78, 5) is 18.6. The molecule has 7 heteroatoms. The Hall–Kier alpha value is -1.35. The third-order valence-electron chi connectivity index (χ3n) is 6.36. The van der Waals surface area contributed by atoms with Gasteiger partial charge in [0.25, 0.3) is 0 Å². The number of benzene rings is 1. The highest BCUT2D eigenvalue weighted by Gasteiger charge is 2.33. The molecule has 174 valence electrons. The highest BCUT2D eigenvalue weighted by molar-refractivity contribution is 14.0. The van der Waals surface area contributed by atoms with Crippen molar-refractivity contribution in [2.45, 2.75) is 65.3 Å². The van der Waals surface area contributed by atoms with Crippen LogP contribution in [0, 0.1) is 5.41 Å². The minimum atomic E-state index is 0. The Morgan fingerprint density at radius 3 is 2.48 bits per heavy atom. The maximum atomic E-state index is 11.9. The summed E-state index contributed by atoms with van der Waals surface area (Å²) >= 11 is 0. The summed E-state index contributed by atoms with van der Waals surface area (Å²) in [5, 5.41) is 6.97. The number of aliphatic imine (C=N–C) groups is 1. The SMILES string of the molecule is CCNC(=NCc1ccc(N2CCCC2=O)cc1)NCC1(CCOCC)CCCC1.I. The van der Waals surface area contributed by atoms with Gasteiger partial charge in [0, 0.05) is 45.0 Å². The van der Waals surface area contributed by atoms with E-state index in [0.717, 1.165) is 62.9 Å². The van der Waals surface area contributed by atoms with Gasteiger partial charge in [-0.05, 0) is 62.6 Å². The van der Waals surface area contributed by atoms with E-state index in [1.54, 1.807) is 0 Å². The van der Waals surface area contributed by atoms with Crippen molar-refractivity contribution in [1.82, 2.24) is 10.6 Å². The van der Waals surface area contributed by atoms with Crippen LogP contribution in [0.1, 0.15) is 64.4 Å². The second kappa shape index (κ2) is 13.3. The van der Waals surface area contributed by atoms with Crippen LogP contribution in [0.2, 0.25) is 0 Å². The van der Waals surface area contributed by atoms with E-state index in [1.807, 2.05) is 17.0 Å². The first kappa shape index (κ1) is 25.9. The Morgan fingerprint density at radius 2 is 1.87 bits per heavy atom. The molecule has 1 saturated heterocycles. The van der Waals surface area contributed by atoms with Crippen molar-refractivity contribution in [3.05, 3.63) is 29.8 Å². The fourth-order valence-electron chi connectivity index (χ4n) is 4.56. The van der Waals surface area contributed by atoms with Gasteiger partial charge < -0.3 is 20.3 Å². The molecule has 0 aromatic heterocycles. The predicted octanol–water partition coefficient (Wildman–Crippen LogP) is 4.47. The van der Waals surface area contributed by atoms with Crippen LogP contribution in [0.5, 0.6) is 0 Å². The molecule has 1 heterocycles. The minimum absolute atomic E-state index is 0. The molecule has 3 rings (SSSR count). The number of ether oxygens (including phenoxy) is 1. The summed E-state index contributed by atoms with van der Waals surface area (Å²) in [6.45, 7) is 9.03. The van der Waals surface area contributed by atoms with Crippen molar-refractivity contribution in [2.24, 2.45) is 10.4 Å². The molecule has 2 aliphatic rings. The maximum absolute atomic E-state index is 11.9. The number of rotatable bonds is 10. The quantitative estimate of drug-likeness (QED) is 0.198. The molecule has 0 spiro atoms. The number of nitrogens with zero attached hydrogens (tertiary/aromatic N) is 2. The van der Waals surface area contributed by atoms with Gasteiger partial charge in [-0.3, -0.25) is 4.79 Å². The van der Waals surface area contributed by atoms with Crippen molar-refractivity contribution in [2.75, 3.05) is 37.7 Å². The van der Waals surface area contributed by atoms with Gasteiger partial charge in [0.15, 0.2) is 5.96 Å². The summed E-state index contributed by atoms with van der Waals surface area (Å²) < 4.78 is 5.64. The zero-order valence-electron chi connectivity index (χ0n) is 19.1. The number of amides is 1. The van der Waals surface area contributed by atoms with Crippen LogP contribution in [-0.2, 0) is 16.1 Å². The number of nitrogens with one attached hydrogen (secondary N) is 2. The van der Waals surface area contributed by atoms with Crippen LogP contribution in [0.15, 0.2) is 29.3 Å². The van der Waals surface area contributed by atoms with E-state index in [0.29, 0.717) is 18.4 Å². The first-order chi connectivity index (χ1) is 14.7. The third-order valence-corrected chi connectivity index (χ3v) is 6.36. The van der Waals surface area contributed by atoms with E-state index >= 15 is 0 Å². The number of carbonyl (C=O) groups excluding carboxylic acids is 1. The Labute approximate surface area is 204 Å². The van der Waals surface area contributed by atoms with E-state index in [4.69, 9.17) is 9.73 Å². The zero-order valence-corrected chi connectivity index (χ0v) is 21.5. The minimum Gasteiger partial charge on any atom is -0.382 e. The van der Waals surface area contributed by atoms with E-state index < -0.39 is 0 Å². The smallest absolute Gasteiger partial charge is 0.227 e. The molecule has 1 aliphatic heterocycles. The largest absolute Gasteiger partial charge is 0.382 e. The van der Waals surface area contributed by atoms with Gasteiger partial charge in [0.1, 0.15) is 0 Å². The van der Waals surface area contributed by atoms with Crippen LogP contribution in [0.25, 0.3) is 0 Å². The number of carbonyl (C=O) groups is 1. The lowest BCUT2D eigenvalue weighted by Gasteiger charge is -2.30. The Bertz CT molecular complexity index is 702. The average molecular weight is 543 g/mol. The van der Waals surface area contributed by atoms with Crippen LogP contribution >= 0.6 is 24.0 Å². The number of hydrogen-bond acceptors (Lipinski definition) is 3. The number of hydrogen-bond donors (Lipinski definition) is 2. The van der Waals surface area contributed by atoms with E-state index in [-0.39, 0.29) is 29.9 Å². The molecule has 31 heavy (non-hydrogen) atoms. The normalized spacial score (nSPS) is 18.2. The molecule has 0 bridgehead atoms. The van der Waals surface area contributed by atoms with E-state index in [9.17, 15) is 4.79 Å². The van der Waals surface area contributed by atoms with Gasteiger partial charge >= 0.3 is 0 Å². The summed E-state index contributed by atoms with van der Waals surface area (Å²) in [6, 6.07) is 8.23. The molecular formula is C24H39IN4O2. The van der Waals surface area contributed by atoms with Gasteiger partial charge in [-0.1, -0.05) is 25.0 Å². The number of halogens is 1. The first-order valence-corrected chi connectivity index (χ1v) is 11.6. The Morgan fingerprint density at radius 1 is 1.13 bits per heavy atom. The molecule has 1 amide bonds. The van der Waals surface area contributed by atoms with Crippen LogP contribution in [-0.4, -0.2) is 44.7 Å². The van der Waals surface area contributed by atoms with Gasteiger partial charge in [0.05, 0.1) is 6.54 Å². The average Bonchev–Trinajstić information content (AvgIpc) is 3.40. The topological polar surface area (TPSA) is 66.0 Å². The lowest BCUT2D eigenvalue weighted by Crippen LogP contribution is -2.43. The standard InChI is InChI=1S/C24H38N4O2.HI/c1-3-25-23(27-19-24(13-5-6-14-24)15-17-30-4-2)26-18-20-9-11-21(12-10-20)28-16-7-8-22(28)29;/h9-12H,3-8,13-19H2,1-2H3,(H2,25,26,27);1H.